The fourth-order valence-corrected chi connectivity index (χ4v) is 3.67. The standard InChI is InChI=1S/C16H22N2O3/c17-15(7-10-1-5-13(19)6-2-10)16(21)18-11-3-4-12(18)9-14(20)8-11/h1-2,5-6,11-12,14-15,19-20H,3-4,7-9,17H2/t11?,12?,14?,15-/m1/s1. The van der Waals surface area contributed by atoms with E-state index in [1.165, 1.54) is 0 Å². The van der Waals surface area contributed by atoms with Crippen LogP contribution in [0.4, 0.5) is 0 Å². The number of aliphatic hydroxyl groups is 1. The van der Waals surface area contributed by atoms with Crippen molar-refractivity contribution < 1.29 is 15.0 Å². The predicted octanol–water partition coefficient (Wildman–Crippen LogP) is 0.776. The van der Waals surface area contributed by atoms with Gasteiger partial charge in [0.2, 0.25) is 5.91 Å². The van der Waals surface area contributed by atoms with Crippen LogP contribution in [0.3, 0.4) is 0 Å². The first-order chi connectivity index (χ1) is 10.0. The molecule has 0 aromatic heterocycles. The molecule has 2 aliphatic heterocycles. The summed E-state index contributed by atoms with van der Waals surface area (Å²) in [5.41, 5.74) is 7.03. The molecule has 2 fully saturated rings. The molecule has 3 rings (SSSR count). The van der Waals surface area contributed by atoms with Gasteiger partial charge in [0.25, 0.3) is 0 Å². The number of amides is 1. The highest BCUT2D eigenvalue weighted by molar-refractivity contribution is 5.83. The monoisotopic (exact) mass is 290 g/mol. The second-order valence-electron chi connectivity index (χ2n) is 6.23. The number of piperidine rings is 1. The van der Waals surface area contributed by atoms with Crippen LogP contribution >= 0.6 is 0 Å². The first kappa shape index (κ1) is 14.4. The van der Waals surface area contributed by atoms with Crippen LogP contribution < -0.4 is 5.73 Å². The maximum Gasteiger partial charge on any atom is 0.240 e. The predicted molar refractivity (Wildman–Crippen MR) is 78.7 cm³/mol. The zero-order chi connectivity index (χ0) is 15.0. The highest BCUT2D eigenvalue weighted by atomic mass is 16.3. The lowest BCUT2D eigenvalue weighted by Crippen LogP contribution is -2.54. The van der Waals surface area contributed by atoms with Crippen LogP contribution in [0.5, 0.6) is 5.75 Å². The molecule has 3 atom stereocenters. The zero-order valence-corrected chi connectivity index (χ0v) is 12.0. The Labute approximate surface area is 124 Å². The van der Waals surface area contributed by atoms with E-state index >= 15 is 0 Å². The SMILES string of the molecule is N[C@H](Cc1ccc(O)cc1)C(=O)N1C2CCC1CC(O)C2. The Bertz CT molecular complexity index is 503. The van der Waals surface area contributed by atoms with Gasteiger partial charge < -0.3 is 20.8 Å². The number of hydrogen-bond donors (Lipinski definition) is 3. The van der Waals surface area contributed by atoms with Gasteiger partial charge in [-0.05, 0) is 49.8 Å². The van der Waals surface area contributed by atoms with Crippen molar-refractivity contribution in [2.24, 2.45) is 5.73 Å². The Morgan fingerprint density at radius 2 is 1.81 bits per heavy atom. The van der Waals surface area contributed by atoms with E-state index in [9.17, 15) is 15.0 Å². The Morgan fingerprint density at radius 1 is 1.24 bits per heavy atom. The normalized spacial score (nSPS) is 29.4. The minimum Gasteiger partial charge on any atom is -0.508 e. The van der Waals surface area contributed by atoms with Gasteiger partial charge in [0.05, 0.1) is 12.1 Å². The van der Waals surface area contributed by atoms with E-state index < -0.39 is 6.04 Å². The molecular formula is C16H22N2O3. The van der Waals surface area contributed by atoms with Crippen molar-refractivity contribution in [3.63, 3.8) is 0 Å². The molecule has 2 bridgehead atoms. The molecular weight excluding hydrogens is 268 g/mol. The summed E-state index contributed by atoms with van der Waals surface area (Å²) < 4.78 is 0. The van der Waals surface area contributed by atoms with E-state index in [1.54, 1.807) is 24.3 Å². The summed E-state index contributed by atoms with van der Waals surface area (Å²) in [5.74, 6) is 0.198. The third-order valence-electron chi connectivity index (χ3n) is 4.67. The molecule has 21 heavy (non-hydrogen) atoms. The summed E-state index contributed by atoms with van der Waals surface area (Å²) in [7, 11) is 0. The Balaban J connectivity index is 1.66. The molecule has 2 aliphatic rings. The molecule has 0 radical (unpaired) electrons. The number of nitrogens with two attached hydrogens (primary N) is 1. The Morgan fingerprint density at radius 3 is 2.38 bits per heavy atom. The van der Waals surface area contributed by atoms with Gasteiger partial charge in [-0.1, -0.05) is 12.1 Å². The maximum atomic E-state index is 12.6. The highest BCUT2D eigenvalue weighted by Gasteiger charge is 2.43. The van der Waals surface area contributed by atoms with Crippen LogP contribution in [-0.4, -0.2) is 45.2 Å². The molecule has 5 heteroatoms. The molecule has 114 valence electrons. The molecule has 0 spiro atoms. The minimum absolute atomic E-state index is 0.0116. The largest absolute Gasteiger partial charge is 0.508 e. The van der Waals surface area contributed by atoms with Crippen LogP contribution in [0.1, 0.15) is 31.2 Å². The number of hydrogen-bond acceptors (Lipinski definition) is 4. The molecule has 2 heterocycles. The van der Waals surface area contributed by atoms with Gasteiger partial charge in [-0.3, -0.25) is 4.79 Å². The lowest BCUT2D eigenvalue weighted by Gasteiger charge is -2.38. The molecule has 0 saturated carbocycles. The first-order valence-electron chi connectivity index (χ1n) is 7.58. The number of benzene rings is 1. The number of phenolic OH excluding ortho intramolecular Hbond substituents is 1. The molecule has 0 aliphatic carbocycles. The molecule has 2 unspecified atom stereocenters. The number of fused-ring (bicyclic) bond motifs is 2. The van der Waals surface area contributed by atoms with Gasteiger partial charge in [0, 0.05) is 12.1 Å². The topological polar surface area (TPSA) is 86.8 Å². The Hall–Kier alpha value is -1.59. The van der Waals surface area contributed by atoms with E-state index in [0.29, 0.717) is 19.3 Å². The molecule has 2 saturated heterocycles. The average Bonchev–Trinajstić information content (AvgIpc) is 2.72. The van der Waals surface area contributed by atoms with E-state index in [-0.39, 0.29) is 29.8 Å². The third-order valence-corrected chi connectivity index (χ3v) is 4.67. The van der Waals surface area contributed by atoms with Gasteiger partial charge in [-0.2, -0.15) is 0 Å². The van der Waals surface area contributed by atoms with Crippen molar-refractivity contribution in [3.8, 4) is 5.75 Å². The van der Waals surface area contributed by atoms with Gasteiger partial charge in [-0.15, -0.1) is 0 Å². The van der Waals surface area contributed by atoms with Crippen molar-refractivity contribution in [2.45, 2.75) is 56.3 Å². The third kappa shape index (κ3) is 2.89. The van der Waals surface area contributed by atoms with Crippen molar-refractivity contribution >= 4 is 5.91 Å². The highest BCUT2D eigenvalue weighted by Crippen LogP contribution is 2.36. The van der Waals surface area contributed by atoms with Crippen LogP contribution in [0.15, 0.2) is 24.3 Å². The van der Waals surface area contributed by atoms with E-state index in [1.807, 2.05) is 4.90 Å². The second-order valence-corrected chi connectivity index (χ2v) is 6.23. The fraction of sp³-hybridized carbons (Fsp3) is 0.562. The van der Waals surface area contributed by atoms with Gasteiger partial charge in [0.1, 0.15) is 5.75 Å². The summed E-state index contributed by atoms with van der Waals surface area (Å²) in [6, 6.07) is 6.52. The molecule has 1 aromatic carbocycles. The number of aliphatic hydroxyl groups excluding tert-OH is 1. The smallest absolute Gasteiger partial charge is 0.240 e. The van der Waals surface area contributed by atoms with Gasteiger partial charge >= 0.3 is 0 Å². The average molecular weight is 290 g/mol. The molecule has 4 N–H and O–H groups in total. The van der Waals surface area contributed by atoms with E-state index in [2.05, 4.69) is 0 Å². The Kier molecular flexibility index (Phi) is 3.87. The minimum atomic E-state index is -0.562. The maximum absolute atomic E-state index is 12.6. The van der Waals surface area contributed by atoms with E-state index in [4.69, 9.17) is 5.73 Å². The number of nitrogens with zero attached hydrogens (tertiary/aromatic N) is 1. The van der Waals surface area contributed by atoms with Crippen molar-refractivity contribution in [1.29, 1.82) is 0 Å². The van der Waals surface area contributed by atoms with E-state index in [0.717, 1.165) is 18.4 Å². The number of phenols is 1. The van der Waals surface area contributed by atoms with Gasteiger partial charge in [0.15, 0.2) is 0 Å². The summed E-state index contributed by atoms with van der Waals surface area (Å²) in [6.45, 7) is 0. The number of aromatic hydroxyl groups is 1. The molecule has 5 nitrogen and oxygen atoms in total. The number of carbonyl (C=O) groups excluding carboxylic acids is 1. The summed E-state index contributed by atoms with van der Waals surface area (Å²) in [6.07, 6.45) is 3.48. The number of rotatable bonds is 3. The summed E-state index contributed by atoms with van der Waals surface area (Å²) in [5, 5.41) is 19.1. The van der Waals surface area contributed by atoms with Crippen LogP contribution in [0.25, 0.3) is 0 Å². The fourth-order valence-electron chi connectivity index (χ4n) is 3.67. The lowest BCUT2D eigenvalue weighted by molar-refractivity contribution is -0.138. The van der Waals surface area contributed by atoms with Crippen LogP contribution in [0, 0.1) is 0 Å². The zero-order valence-electron chi connectivity index (χ0n) is 12.0. The van der Waals surface area contributed by atoms with Crippen molar-refractivity contribution in [2.75, 3.05) is 0 Å². The van der Waals surface area contributed by atoms with Crippen molar-refractivity contribution in [1.82, 2.24) is 4.90 Å². The molecule has 1 amide bonds. The quantitative estimate of drug-likeness (QED) is 0.767. The van der Waals surface area contributed by atoms with Crippen LogP contribution in [0.2, 0.25) is 0 Å². The number of carbonyl (C=O) groups is 1. The van der Waals surface area contributed by atoms with Crippen LogP contribution in [-0.2, 0) is 11.2 Å². The van der Waals surface area contributed by atoms with Gasteiger partial charge in [-0.25, -0.2) is 0 Å². The second kappa shape index (κ2) is 5.66. The molecule has 1 aromatic rings. The summed E-state index contributed by atoms with van der Waals surface area (Å²) in [4.78, 5) is 14.5. The van der Waals surface area contributed by atoms with Crippen molar-refractivity contribution in [3.05, 3.63) is 29.8 Å². The lowest BCUT2D eigenvalue weighted by atomic mass is 9.97. The summed E-state index contributed by atoms with van der Waals surface area (Å²) >= 11 is 0. The first-order valence-corrected chi connectivity index (χ1v) is 7.58.